The SMILES string of the molecule is CNCCN(C)C(=O)NC(C)C(C)C(=O)O. The van der Waals surface area contributed by atoms with E-state index in [0.717, 1.165) is 0 Å². The van der Waals surface area contributed by atoms with E-state index in [0.29, 0.717) is 13.1 Å². The molecule has 0 radical (unpaired) electrons. The number of likely N-dealkylation sites (N-methyl/N-ethyl adjacent to an activating group) is 2. The third-order valence-corrected chi connectivity index (χ3v) is 2.53. The van der Waals surface area contributed by atoms with Crippen molar-refractivity contribution in [2.45, 2.75) is 19.9 Å². The molecule has 0 aromatic heterocycles. The molecule has 0 rings (SSSR count). The van der Waals surface area contributed by atoms with Gasteiger partial charge < -0.3 is 20.6 Å². The van der Waals surface area contributed by atoms with Gasteiger partial charge in [-0.25, -0.2) is 4.79 Å². The summed E-state index contributed by atoms with van der Waals surface area (Å²) in [5.74, 6) is -1.51. The summed E-state index contributed by atoms with van der Waals surface area (Å²) in [4.78, 5) is 23.8. The molecule has 2 unspecified atom stereocenters. The van der Waals surface area contributed by atoms with Gasteiger partial charge in [0.25, 0.3) is 0 Å². The Kier molecular flexibility index (Phi) is 6.48. The lowest BCUT2D eigenvalue weighted by atomic mass is 10.0. The molecule has 0 aliphatic rings. The number of amides is 2. The summed E-state index contributed by atoms with van der Waals surface area (Å²) in [5, 5.41) is 14.4. The highest BCUT2D eigenvalue weighted by atomic mass is 16.4. The number of nitrogens with zero attached hydrogens (tertiary/aromatic N) is 1. The van der Waals surface area contributed by atoms with Gasteiger partial charge in [-0.2, -0.15) is 0 Å². The summed E-state index contributed by atoms with van der Waals surface area (Å²) in [6.07, 6.45) is 0. The Labute approximate surface area is 96.0 Å². The van der Waals surface area contributed by atoms with E-state index in [1.54, 1.807) is 27.9 Å². The fourth-order valence-corrected chi connectivity index (χ4v) is 1.02. The monoisotopic (exact) mass is 231 g/mol. The Morgan fingerprint density at radius 2 is 1.94 bits per heavy atom. The fourth-order valence-electron chi connectivity index (χ4n) is 1.02. The van der Waals surface area contributed by atoms with Gasteiger partial charge in [-0.1, -0.05) is 0 Å². The van der Waals surface area contributed by atoms with Crippen molar-refractivity contribution < 1.29 is 14.7 Å². The Bertz CT molecular complexity index is 245. The minimum atomic E-state index is -0.911. The number of rotatable bonds is 6. The highest BCUT2D eigenvalue weighted by Crippen LogP contribution is 2.02. The van der Waals surface area contributed by atoms with Gasteiger partial charge in [0, 0.05) is 26.2 Å². The molecule has 0 aliphatic heterocycles. The van der Waals surface area contributed by atoms with Crippen molar-refractivity contribution in [1.29, 1.82) is 0 Å². The van der Waals surface area contributed by atoms with Crippen LogP contribution in [0.5, 0.6) is 0 Å². The highest BCUT2D eigenvalue weighted by molar-refractivity contribution is 5.76. The van der Waals surface area contributed by atoms with Crippen molar-refractivity contribution in [1.82, 2.24) is 15.5 Å². The summed E-state index contributed by atoms with van der Waals surface area (Å²) in [5.41, 5.74) is 0. The van der Waals surface area contributed by atoms with Crippen molar-refractivity contribution in [2.75, 3.05) is 27.2 Å². The molecule has 0 heterocycles. The lowest BCUT2D eigenvalue weighted by Crippen LogP contribution is -2.47. The lowest BCUT2D eigenvalue weighted by Gasteiger charge is -2.23. The Morgan fingerprint density at radius 3 is 2.38 bits per heavy atom. The number of carboxylic acids is 1. The first-order valence-electron chi connectivity index (χ1n) is 5.29. The zero-order valence-electron chi connectivity index (χ0n) is 10.3. The molecule has 3 N–H and O–H groups in total. The van der Waals surface area contributed by atoms with Crippen molar-refractivity contribution in [3.63, 3.8) is 0 Å². The van der Waals surface area contributed by atoms with Crippen LogP contribution in [0.1, 0.15) is 13.8 Å². The van der Waals surface area contributed by atoms with E-state index >= 15 is 0 Å². The Hall–Kier alpha value is -1.30. The molecule has 6 nitrogen and oxygen atoms in total. The highest BCUT2D eigenvalue weighted by Gasteiger charge is 2.21. The number of carbonyl (C=O) groups excluding carboxylic acids is 1. The lowest BCUT2D eigenvalue weighted by molar-refractivity contribution is -0.141. The van der Waals surface area contributed by atoms with Crippen LogP contribution in [0, 0.1) is 5.92 Å². The van der Waals surface area contributed by atoms with Crippen molar-refractivity contribution in [2.24, 2.45) is 5.92 Å². The van der Waals surface area contributed by atoms with E-state index in [4.69, 9.17) is 5.11 Å². The van der Waals surface area contributed by atoms with Gasteiger partial charge in [0.15, 0.2) is 0 Å². The van der Waals surface area contributed by atoms with Crippen LogP contribution in [0.2, 0.25) is 0 Å². The molecule has 0 aromatic carbocycles. The minimum absolute atomic E-state index is 0.254. The summed E-state index contributed by atoms with van der Waals surface area (Å²) in [6, 6.07) is -0.641. The molecule has 0 saturated carbocycles. The number of hydrogen-bond acceptors (Lipinski definition) is 3. The topological polar surface area (TPSA) is 81.7 Å². The predicted octanol–water partition coefficient (Wildman–Crippen LogP) is -0.0436. The van der Waals surface area contributed by atoms with E-state index in [2.05, 4.69) is 10.6 Å². The van der Waals surface area contributed by atoms with E-state index in [1.165, 1.54) is 4.90 Å². The van der Waals surface area contributed by atoms with Gasteiger partial charge in [0.1, 0.15) is 0 Å². The van der Waals surface area contributed by atoms with Crippen LogP contribution in [-0.2, 0) is 4.79 Å². The van der Waals surface area contributed by atoms with Crippen LogP contribution in [0.4, 0.5) is 4.79 Å². The maximum absolute atomic E-state index is 11.6. The van der Waals surface area contributed by atoms with Crippen molar-refractivity contribution in [3.8, 4) is 0 Å². The van der Waals surface area contributed by atoms with Crippen molar-refractivity contribution >= 4 is 12.0 Å². The number of nitrogens with one attached hydrogen (secondary N) is 2. The first kappa shape index (κ1) is 14.7. The Morgan fingerprint density at radius 1 is 1.38 bits per heavy atom. The second-order valence-corrected chi connectivity index (χ2v) is 3.89. The van der Waals surface area contributed by atoms with Gasteiger partial charge in [-0.15, -0.1) is 0 Å². The molecule has 0 aromatic rings. The van der Waals surface area contributed by atoms with Gasteiger partial charge in [0.05, 0.1) is 5.92 Å². The molecule has 0 aliphatic carbocycles. The number of urea groups is 1. The normalized spacial score (nSPS) is 14.0. The first-order valence-corrected chi connectivity index (χ1v) is 5.29. The second kappa shape index (κ2) is 7.05. The second-order valence-electron chi connectivity index (χ2n) is 3.89. The molecule has 0 bridgehead atoms. The maximum atomic E-state index is 11.6. The van der Waals surface area contributed by atoms with Crippen LogP contribution in [0.25, 0.3) is 0 Å². The molecule has 6 heteroatoms. The summed E-state index contributed by atoms with van der Waals surface area (Å²) in [7, 11) is 3.48. The number of hydrogen-bond donors (Lipinski definition) is 3. The minimum Gasteiger partial charge on any atom is -0.481 e. The van der Waals surface area contributed by atoms with E-state index < -0.39 is 11.9 Å². The summed E-state index contributed by atoms with van der Waals surface area (Å²) in [6.45, 7) is 4.53. The summed E-state index contributed by atoms with van der Waals surface area (Å²) < 4.78 is 0. The fraction of sp³-hybridized carbons (Fsp3) is 0.800. The van der Waals surface area contributed by atoms with Gasteiger partial charge >= 0.3 is 12.0 Å². The van der Waals surface area contributed by atoms with E-state index in [1.807, 2.05) is 0 Å². The predicted molar refractivity (Wildman–Crippen MR) is 61.4 cm³/mol. The largest absolute Gasteiger partial charge is 0.481 e. The Balaban J connectivity index is 4.07. The standard InChI is InChI=1S/C10H21N3O3/c1-7(9(14)15)8(2)12-10(16)13(4)6-5-11-3/h7-8,11H,5-6H2,1-4H3,(H,12,16)(H,14,15). The van der Waals surface area contributed by atoms with Gasteiger partial charge in [-0.05, 0) is 20.9 Å². The van der Waals surface area contributed by atoms with E-state index in [-0.39, 0.29) is 12.1 Å². The third kappa shape index (κ3) is 4.97. The molecule has 2 amide bonds. The third-order valence-electron chi connectivity index (χ3n) is 2.53. The average molecular weight is 231 g/mol. The van der Waals surface area contributed by atoms with Gasteiger partial charge in [-0.3, -0.25) is 4.79 Å². The molecule has 0 spiro atoms. The number of carbonyl (C=O) groups is 2. The molecule has 0 fully saturated rings. The molecular weight excluding hydrogens is 210 g/mol. The van der Waals surface area contributed by atoms with Crippen molar-refractivity contribution in [3.05, 3.63) is 0 Å². The quantitative estimate of drug-likeness (QED) is 0.599. The zero-order chi connectivity index (χ0) is 12.7. The van der Waals surface area contributed by atoms with Gasteiger partial charge in [0.2, 0.25) is 0 Å². The van der Waals surface area contributed by atoms with Crippen LogP contribution in [-0.4, -0.2) is 55.2 Å². The number of aliphatic carboxylic acids is 1. The number of carboxylic acid groups (broad SMARTS) is 1. The molecular formula is C10H21N3O3. The van der Waals surface area contributed by atoms with Crippen LogP contribution < -0.4 is 10.6 Å². The molecule has 16 heavy (non-hydrogen) atoms. The van der Waals surface area contributed by atoms with Crippen LogP contribution in [0.15, 0.2) is 0 Å². The molecule has 0 saturated heterocycles. The smallest absolute Gasteiger partial charge is 0.317 e. The van der Waals surface area contributed by atoms with Crippen LogP contribution >= 0.6 is 0 Å². The molecule has 94 valence electrons. The first-order chi connectivity index (χ1) is 7.40. The molecule has 2 atom stereocenters. The average Bonchev–Trinajstić information content (AvgIpc) is 2.24. The van der Waals surface area contributed by atoms with E-state index in [9.17, 15) is 9.59 Å². The summed E-state index contributed by atoms with van der Waals surface area (Å²) >= 11 is 0. The van der Waals surface area contributed by atoms with Crippen LogP contribution in [0.3, 0.4) is 0 Å². The zero-order valence-corrected chi connectivity index (χ0v) is 10.3. The maximum Gasteiger partial charge on any atom is 0.317 e.